The number of ether oxygens (including phenoxy) is 1. The summed E-state index contributed by atoms with van der Waals surface area (Å²) in [5.41, 5.74) is 3.11. The summed E-state index contributed by atoms with van der Waals surface area (Å²) in [5.74, 6) is 0.568. The summed E-state index contributed by atoms with van der Waals surface area (Å²) in [4.78, 5) is 16.9. The van der Waals surface area contributed by atoms with Gasteiger partial charge >= 0.3 is 0 Å². The molecule has 6 heteroatoms. The minimum absolute atomic E-state index is 0.151. The molecule has 5 nitrogen and oxygen atoms in total. The van der Waals surface area contributed by atoms with E-state index in [1.807, 2.05) is 36.4 Å². The predicted octanol–water partition coefficient (Wildman–Crippen LogP) is 4.41. The number of para-hydroxylation sites is 2. The van der Waals surface area contributed by atoms with Crippen LogP contribution in [0.2, 0.25) is 0 Å². The Bertz CT molecular complexity index is 1030. The third-order valence-corrected chi connectivity index (χ3v) is 5.09. The Kier molecular flexibility index (Phi) is 5.94. The number of thioether (sulfide) groups is 1. The lowest BCUT2D eigenvalue weighted by atomic mass is 10.1. The van der Waals surface area contributed by atoms with E-state index >= 15 is 0 Å². The smallest absolute Gasteiger partial charge is 0.234 e. The Balaban J connectivity index is 1.76. The number of benzene rings is 2. The minimum Gasteiger partial charge on any atom is -0.495 e. The standard InChI is InChI=1S/C21H19N3O2S/c1-3-14-8-9-17-15(10-14)11-16(12-22)21(24-17)27-13-20(25)23-18-6-4-5-7-19(18)26-2/h4-11H,3,13H2,1-2H3,(H,23,25). The molecule has 0 radical (unpaired) electrons. The van der Waals surface area contributed by atoms with E-state index in [1.54, 1.807) is 19.2 Å². The van der Waals surface area contributed by atoms with Crippen LogP contribution in [0.25, 0.3) is 10.9 Å². The van der Waals surface area contributed by atoms with Gasteiger partial charge in [-0.1, -0.05) is 36.9 Å². The van der Waals surface area contributed by atoms with Crippen LogP contribution >= 0.6 is 11.8 Å². The maximum Gasteiger partial charge on any atom is 0.234 e. The molecule has 27 heavy (non-hydrogen) atoms. The molecule has 3 rings (SSSR count). The van der Waals surface area contributed by atoms with Crippen molar-refractivity contribution >= 4 is 34.3 Å². The van der Waals surface area contributed by atoms with Crippen molar-refractivity contribution in [3.63, 3.8) is 0 Å². The molecular formula is C21H19N3O2S. The highest BCUT2D eigenvalue weighted by molar-refractivity contribution is 8.00. The summed E-state index contributed by atoms with van der Waals surface area (Å²) in [7, 11) is 1.56. The molecule has 0 fully saturated rings. The van der Waals surface area contributed by atoms with Gasteiger partial charge in [-0.3, -0.25) is 4.79 Å². The first kappa shape index (κ1) is 18.7. The van der Waals surface area contributed by atoms with Crippen molar-refractivity contribution in [3.05, 3.63) is 59.7 Å². The number of fused-ring (bicyclic) bond motifs is 1. The highest BCUT2D eigenvalue weighted by atomic mass is 32.2. The van der Waals surface area contributed by atoms with Crippen LogP contribution in [0.1, 0.15) is 18.1 Å². The van der Waals surface area contributed by atoms with E-state index in [2.05, 4.69) is 23.3 Å². The van der Waals surface area contributed by atoms with Gasteiger partial charge in [0, 0.05) is 5.39 Å². The summed E-state index contributed by atoms with van der Waals surface area (Å²) in [6, 6.07) is 17.3. The normalized spacial score (nSPS) is 10.4. The monoisotopic (exact) mass is 377 g/mol. The fourth-order valence-electron chi connectivity index (χ4n) is 2.69. The molecule has 1 heterocycles. The van der Waals surface area contributed by atoms with Gasteiger partial charge in [0.2, 0.25) is 5.91 Å². The number of hydrogen-bond acceptors (Lipinski definition) is 5. The number of methoxy groups -OCH3 is 1. The van der Waals surface area contributed by atoms with E-state index in [0.717, 1.165) is 17.3 Å². The zero-order chi connectivity index (χ0) is 19.2. The van der Waals surface area contributed by atoms with Crippen molar-refractivity contribution in [1.29, 1.82) is 5.26 Å². The predicted molar refractivity (Wildman–Crippen MR) is 108 cm³/mol. The molecule has 0 saturated carbocycles. The number of pyridine rings is 1. The van der Waals surface area contributed by atoms with Gasteiger partial charge in [-0.2, -0.15) is 5.26 Å². The summed E-state index contributed by atoms with van der Waals surface area (Å²) in [6.07, 6.45) is 0.928. The molecule has 1 N–H and O–H groups in total. The number of anilines is 1. The summed E-state index contributed by atoms with van der Waals surface area (Å²) in [5, 5.41) is 13.8. The van der Waals surface area contributed by atoms with E-state index in [4.69, 9.17) is 4.74 Å². The van der Waals surface area contributed by atoms with Crippen LogP contribution in [0.4, 0.5) is 5.69 Å². The van der Waals surface area contributed by atoms with Crippen molar-refractivity contribution in [1.82, 2.24) is 4.98 Å². The Morgan fingerprint density at radius 1 is 1.26 bits per heavy atom. The molecule has 0 saturated heterocycles. The van der Waals surface area contributed by atoms with Crippen molar-refractivity contribution in [3.8, 4) is 11.8 Å². The minimum atomic E-state index is -0.184. The molecule has 0 aliphatic heterocycles. The third-order valence-electron chi connectivity index (χ3n) is 4.09. The van der Waals surface area contributed by atoms with Gasteiger partial charge in [0.25, 0.3) is 0 Å². The second kappa shape index (κ2) is 8.56. The lowest BCUT2D eigenvalue weighted by Gasteiger charge is -2.10. The number of aryl methyl sites for hydroxylation is 1. The molecular weight excluding hydrogens is 358 g/mol. The van der Waals surface area contributed by atoms with Gasteiger partial charge in [0.15, 0.2) is 0 Å². The van der Waals surface area contributed by atoms with E-state index in [9.17, 15) is 10.1 Å². The highest BCUT2D eigenvalue weighted by Crippen LogP contribution is 2.27. The van der Waals surface area contributed by atoms with Crippen molar-refractivity contribution in [2.75, 3.05) is 18.2 Å². The molecule has 2 aromatic carbocycles. The van der Waals surface area contributed by atoms with Gasteiger partial charge in [0.05, 0.1) is 29.6 Å². The highest BCUT2D eigenvalue weighted by Gasteiger charge is 2.12. The van der Waals surface area contributed by atoms with Crippen molar-refractivity contribution in [2.24, 2.45) is 0 Å². The summed E-state index contributed by atoms with van der Waals surface area (Å²) >= 11 is 1.25. The van der Waals surface area contributed by atoms with Gasteiger partial charge in [-0.15, -0.1) is 0 Å². The summed E-state index contributed by atoms with van der Waals surface area (Å²) in [6.45, 7) is 2.09. The number of amides is 1. The van der Waals surface area contributed by atoms with Crippen molar-refractivity contribution in [2.45, 2.75) is 18.4 Å². The number of rotatable bonds is 6. The SMILES string of the molecule is CCc1ccc2nc(SCC(=O)Nc3ccccc3OC)c(C#N)cc2c1. The fraction of sp³-hybridized carbons (Fsp3) is 0.190. The molecule has 0 bridgehead atoms. The fourth-order valence-corrected chi connectivity index (χ4v) is 3.45. The Labute approximate surface area is 162 Å². The second-order valence-corrected chi connectivity index (χ2v) is 6.83. The van der Waals surface area contributed by atoms with Crippen molar-refractivity contribution < 1.29 is 9.53 Å². The molecule has 3 aromatic rings. The zero-order valence-electron chi connectivity index (χ0n) is 15.2. The Morgan fingerprint density at radius 2 is 2.07 bits per heavy atom. The van der Waals surface area contributed by atoms with Crippen LogP contribution in [0, 0.1) is 11.3 Å². The first-order valence-corrected chi connectivity index (χ1v) is 9.52. The number of hydrogen-bond donors (Lipinski definition) is 1. The van der Waals surface area contributed by atoms with E-state index in [1.165, 1.54) is 17.3 Å². The number of carbonyl (C=O) groups is 1. The van der Waals surface area contributed by atoms with Gasteiger partial charge in [-0.05, 0) is 42.3 Å². The summed E-state index contributed by atoms with van der Waals surface area (Å²) < 4.78 is 5.24. The molecule has 1 amide bonds. The van der Waals surface area contributed by atoms with Gasteiger partial charge < -0.3 is 10.1 Å². The van der Waals surface area contributed by atoms with Crippen LogP contribution in [0.15, 0.2) is 53.6 Å². The maximum absolute atomic E-state index is 12.3. The first-order chi connectivity index (χ1) is 13.1. The quantitative estimate of drug-likeness (QED) is 0.644. The Hall–Kier alpha value is -3.04. The number of aromatic nitrogens is 1. The van der Waals surface area contributed by atoms with E-state index in [0.29, 0.717) is 22.0 Å². The van der Waals surface area contributed by atoms with Gasteiger partial charge in [-0.25, -0.2) is 4.98 Å². The second-order valence-electron chi connectivity index (χ2n) is 5.87. The molecule has 0 unspecified atom stereocenters. The zero-order valence-corrected chi connectivity index (χ0v) is 16.0. The van der Waals surface area contributed by atoms with Crippen LogP contribution in [-0.4, -0.2) is 23.8 Å². The molecule has 0 spiro atoms. The average Bonchev–Trinajstić information content (AvgIpc) is 2.71. The first-order valence-electron chi connectivity index (χ1n) is 8.54. The van der Waals surface area contributed by atoms with Crippen LogP contribution in [-0.2, 0) is 11.2 Å². The van der Waals surface area contributed by atoms with E-state index in [-0.39, 0.29) is 11.7 Å². The molecule has 1 aromatic heterocycles. The average molecular weight is 377 g/mol. The van der Waals surface area contributed by atoms with Gasteiger partial charge in [0.1, 0.15) is 16.8 Å². The lowest BCUT2D eigenvalue weighted by Crippen LogP contribution is -2.14. The topological polar surface area (TPSA) is 75.0 Å². The third kappa shape index (κ3) is 4.39. The number of nitriles is 1. The largest absolute Gasteiger partial charge is 0.495 e. The lowest BCUT2D eigenvalue weighted by molar-refractivity contribution is -0.113. The number of nitrogens with zero attached hydrogens (tertiary/aromatic N) is 2. The molecule has 136 valence electrons. The molecule has 0 aliphatic rings. The van der Waals surface area contributed by atoms with Crippen LogP contribution in [0.3, 0.4) is 0 Å². The number of nitrogens with one attached hydrogen (secondary N) is 1. The molecule has 0 atom stereocenters. The number of carbonyl (C=O) groups excluding carboxylic acids is 1. The van der Waals surface area contributed by atoms with E-state index < -0.39 is 0 Å². The maximum atomic E-state index is 12.3. The van der Waals surface area contributed by atoms with Crippen LogP contribution in [0.5, 0.6) is 5.75 Å². The Morgan fingerprint density at radius 3 is 2.81 bits per heavy atom. The van der Waals surface area contributed by atoms with Crippen LogP contribution < -0.4 is 10.1 Å². The molecule has 0 aliphatic carbocycles.